The topological polar surface area (TPSA) is 89.5 Å². The van der Waals surface area contributed by atoms with Gasteiger partial charge in [-0.05, 0) is 36.3 Å². The lowest BCUT2D eigenvalue weighted by Gasteiger charge is -2.25. The van der Waals surface area contributed by atoms with Crippen molar-refractivity contribution in [2.75, 3.05) is 29.5 Å². The lowest BCUT2D eigenvalue weighted by molar-refractivity contribution is -0.392. The van der Waals surface area contributed by atoms with Crippen molar-refractivity contribution in [2.24, 2.45) is 0 Å². The number of nitro groups is 2. The molecule has 0 radical (unpaired) electrons. The summed E-state index contributed by atoms with van der Waals surface area (Å²) in [6.45, 7) is 5.04. The smallest absolute Gasteiger partial charge is 0.300 e. The number of anilines is 1. The Kier molecular flexibility index (Phi) is 7.37. The van der Waals surface area contributed by atoms with Crippen LogP contribution >= 0.6 is 23.5 Å². The molecular formula is C16H23N3O4S2. The van der Waals surface area contributed by atoms with Crippen molar-refractivity contribution >= 4 is 40.6 Å². The molecule has 0 spiro atoms. The van der Waals surface area contributed by atoms with Crippen LogP contribution < -0.4 is 4.90 Å². The first-order chi connectivity index (χ1) is 12.0. The van der Waals surface area contributed by atoms with Crippen molar-refractivity contribution in [2.45, 2.75) is 37.7 Å². The Balaban J connectivity index is 2.59. The second-order valence-electron chi connectivity index (χ2n) is 5.84. The maximum absolute atomic E-state index is 11.7. The Labute approximate surface area is 155 Å². The molecule has 1 aliphatic heterocycles. The van der Waals surface area contributed by atoms with Gasteiger partial charge < -0.3 is 4.90 Å². The molecule has 0 atom stereocenters. The molecule has 0 bridgehead atoms. The van der Waals surface area contributed by atoms with Gasteiger partial charge in [-0.3, -0.25) is 20.2 Å². The molecule has 2 rings (SSSR count). The first kappa shape index (κ1) is 19.8. The molecule has 0 aromatic heterocycles. The summed E-state index contributed by atoms with van der Waals surface area (Å²) in [5.41, 5.74) is 0.508. The molecule has 1 aromatic carbocycles. The van der Waals surface area contributed by atoms with Crippen molar-refractivity contribution in [3.05, 3.63) is 37.9 Å². The van der Waals surface area contributed by atoms with Crippen LogP contribution in [0.4, 0.5) is 17.1 Å². The highest BCUT2D eigenvalue weighted by molar-refractivity contribution is 8.16. The maximum Gasteiger partial charge on any atom is 0.300 e. The average Bonchev–Trinajstić information content (AvgIpc) is 2.61. The minimum Gasteiger partial charge on any atom is -0.360 e. The lowest BCUT2D eigenvalue weighted by Crippen LogP contribution is -2.26. The van der Waals surface area contributed by atoms with Gasteiger partial charge in [-0.1, -0.05) is 13.8 Å². The maximum atomic E-state index is 11.7. The first-order valence-corrected chi connectivity index (χ1v) is 10.5. The van der Waals surface area contributed by atoms with Gasteiger partial charge in [0.2, 0.25) is 0 Å². The van der Waals surface area contributed by atoms with E-state index >= 15 is 0 Å². The third-order valence-corrected chi connectivity index (χ3v) is 6.90. The largest absolute Gasteiger partial charge is 0.360 e. The summed E-state index contributed by atoms with van der Waals surface area (Å²) < 4.78 is 0.0194. The van der Waals surface area contributed by atoms with Crippen LogP contribution in [0.25, 0.3) is 0 Å². The highest BCUT2D eigenvalue weighted by atomic mass is 32.2. The summed E-state index contributed by atoms with van der Waals surface area (Å²) in [6, 6.07) is 3.08. The standard InChI is InChI=1S/C16H23N3O4S2/c1-3-6-17(7-4-2)15-13(18(20)21)10-12(11-14(15)19(22)23)16-24-8-5-9-25-16/h10-11,16H,3-9H2,1-2H3. The molecule has 0 unspecified atom stereocenters. The molecule has 7 nitrogen and oxygen atoms in total. The van der Waals surface area contributed by atoms with Crippen LogP contribution in [0.3, 0.4) is 0 Å². The average molecular weight is 386 g/mol. The van der Waals surface area contributed by atoms with Gasteiger partial charge in [0.05, 0.1) is 14.4 Å². The third-order valence-electron chi connectivity index (χ3n) is 3.89. The zero-order valence-electron chi connectivity index (χ0n) is 14.5. The van der Waals surface area contributed by atoms with E-state index < -0.39 is 9.85 Å². The van der Waals surface area contributed by atoms with Crippen molar-refractivity contribution in [1.82, 2.24) is 0 Å². The molecule has 138 valence electrons. The zero-order chi connectivity index (χ0) is 18.4. The molecule has 1 aliphatic rings. The van der Waals surface area contributed by atoms with Gasteiger partial charge >= 0.3 is 0 Å². The number of hydrogen-bond acceptors (Lipinski definition) is 7. The summed E-state index contributed by atoms with van der Waals surface area (Å²) in [4.78, 5) is 24.2. The molecular weight excluding hydrogens is 362 g/mol. The van der Waals surface area contributed by atoms with E-state index in [1.54, 1.807) is 28.4 Å². The summed E-state index contributed by atoms with van der Waals surface area (Å²) in [5.74, 6) is 1.94. The summed E-state index contributed by atoms with van der Waals surface area (Å²) in [7, 11) is 0. The van der Waals surface area contributed by atoms with E-state index in [0.717, 1.165) is 30.8 Å². The Morgan fingerprint density at radius 2 is 1.52 bits per heavy atom. The van der Waals surface area contributed by atoms with Gasteiger partial charge in [-0.15, -0.1) is 23.5 Å². The number of nitro benzene ring substituents is 2. The normalized spacial score (nSPS) is 15.1. The number of thioether (sulfide) groups is 2. The van der Waals surface area contributed by atoms with Crippen LogP contribution in [-0.2, 0) is 0 Å². The highest BCUT2D eigenvalue weighted by Gasteiger charge is 2.32. The van der Waals surface area contributed by atoms with E-state index in [4.69, 9.17) is 0 Å². The molecule has 0 N–H and O–H groups in total. The molecule has 9 heteroatoms. The first-order valence-electron chi connectivity index (χ1n) is 8.44. The van der Waals surface area contributed by atoms with Crippen LogP contribution in [-0.4, -0.2) is 34.4 Å². The van der Waals surface area contributed by atoms with Crippen molar-refractivity contribution in [3.63, 3.8) is 0 Å². The van der Waals surface area contributed by atoms with Crippen LogP contribution in [0.1, 0.15) is 43.3 Å². The number of benzene rings is 1. The Hall–Kier alpha value is -1.48. The second-order valence-corrected chi connectivity index (χ2v) is 8.56. The quantitative estimate of drug-likeness (QED) is 0.459. The van der Waals surface area contributed by atoms with Crippen LogP contribution in [0, 0.1) is 20.2 Å². The van der Waals surface area contributed by atoms with E-state index in [1.807, 2.05) is 13.8 Å². The molecule has 1 heterocycles. The van der Waals surface area contributed by atoms with Crippen LogP contribution in [0.2, 0.25) is 0 Å². The monoisotopic (exact) mass is 385 g/mol. The van der Waals surface area contributed by atoms with Crippen LogP contribution in [0.5, 0.6) is 0 Å². The summed E-state index contributed by atoms with van der Waals surface area (Å²) in [6.07, 6.45) is 2.63. The number of rotatable bonds is 8. The fourth-order valence-corrected chi connectivity index (χ4v) is 5.77. The van der Waals surface area contributed by atoms with Crippen molar-refractivity contribution in [3.8, 4) is 0 Å². The van der Waals surface area contributed by atoms with E-state index in [2.05, 4.69) is 0 Å². The number of nitrogens with zero attached hydrogens (tertiary/aromatic N) is 3. The minimum absolute atomic E-state index is 0.0194. The predicted molar refractivity (Wildman–Crippen MR) is 105 cm³/mol. The van der Waals surface area contributed by atoms with E-state index in [-0.39, 0.29) is 21.6 Å². The number of hydrogen-bond donors (Lipinski definition) is 0. The molecule has 1 fully saturated rings. The van der Waals surface area contributed by atoms with Gasteiger partial charge in [0.25, 0.3) is 11.4 Å². The fraction of sp³-hybridized carbons (Fsp3) is 0.625. The van der Waals surface area contributed by atoms with Crippen LogP contribution in [0.15, 0.2) is 12.1 Å². The van der Waals surface area contributed by atoms with Gasteiger partial charge in [0.15, 0.2) is 5.69 Å². The van der Waals surface area contributed by atoms with E-state index in [9.17, 15) is 20.2 Å². The molecule has 25 heavy (non-hydrogen) atoms. The summed E-state index contributed by atoms with van der Waals surface area (Å²) >= 11 is 3.39. The minimum atomic E-state index is -0.484. The van der Waals surface area contributed by atoms with Gasteiger partial charge in [0.1, 0.15) is 0 Å². The van der Waals surface area contributed by atoms with E-state index in [1.165, 1.54) is 12.1 Å². The molecule has 0 aliphatic carbocycles. The second kappa shape index (κ2) is 9.28. The SMILES string of the molecule is CCCN(CCC)c1c([N+](=O)[O-])cc(C2SCCCS2)cc1[N+](=O)[O-]. The zero-order valence-corrected chi connectivity index (χ0v) is 16.1. The van der Waals surface area contributed by atoms with Gasteiger partial charge in [0, 0.05) is 25.2 Å². The highest BCUT2D eigenvalue weighted by Crippen LogP contribution is 2.48. The Bertz CT molecular complexity index is 595. The fourth-order valence-electron chi connectivity index (χ4n) is 2.92. The molecule has 1 aromatic rings. The van der Waals surface area contributed by atoms with Gasteiger partial charge in [-0.2, -0.15) is 0 Å². The Morgan fingerprint density at radius 1 is 1.04 bits per heavy atom. The van der Waals surface area contributed by atoms with Gasteiger partial charge in [-0.25, -0.2) is 0 Å². The lowest BCUT2D eigenvalue weighted by atomic mass is 10.1. The molecule has 0 saturated carbocycles. The predicted octanol–water partition coefficient (Wildman–Crippen LogP) is 5.00. The van der Waals surface area contributed by atoms with E-state index in [0.29, 0.717) is 18.7 Å². The molecule has 1 saturated heterocycles. The molecule has 0 amide bonds. The Morgan fingerprint density at radius 3 is 1.92 bits per heavy atom. The summed E-state index contributed by atoms with van der Waals surface area (Å²) in [5, 5.41) is 23.4. The van der Waals surface area contributed by atoms with Crippen molar-refractivity contribution in [1.29, 1.82) is 0 Å². The third kappa shape index (κ3) is 4.78. The van der Waals surface area contributed by atoms with Crippen molar-refractivity contribution < 1.29 is 9.85 Å².